The van der Waals surface area contributed by atoms with E-state index in [1.165, 1.54) is 0 Å². The molecule has 1 amide bonds. The molecule has 0 saturated heterocycles. The predicted octanol–water partition coefficient (Wildman–Crippen LogP) is 0.280. The van der Waals surface area contributed by atoms with Gasteiger partial charge in [-0.25, -0.2) is 4.79 Å². The zero-order chi connectivity index (χ0) is 13.5. The highest BCUT2D eigenvalue weighted by Gasteiger charge is 2.18. The molecule has 0 saturated carbocycles. The van der Waals surface area contributed by atoms with Crippen molar-refractivity contribution in [2.45, 2.75) is 6.04 Å². The Labute approximate surface area is 108 Å². The molecule has 7 heteroatoms. The fourth-order valence-electron chi connectivity index (χ4n) is 1.10. The molecule has 6 nitrogen and oxygen atoms in total. The van der Waals surface area contributed by atoms with Gasteiger partial charge in [-0.1, -0.05) is 11.6 Å². The Morgan fingerprint density at radius 3 is 2.44 bits per heavy atom. The molecule has 0 radical (unpaired) electrons. The van der Waals surface area contributed by atoms with Crippen molar-refractivity contribution >= 4 is 23.5 Å². The van der Waals surface area contributed by atoms with Crippen LogP contribution in [0.25, 0.3) is 0 Å². The second kappa shape index (κ2) is 6.83. The van der Waals surface area contributed by atoms with Gasteiger partial charge in [0, 0.05) is 5.02 Å². The molecular formula is C11H12ClNO5. The number of hydrogen-bond acceptors (Lipinski definition) is 4. The van der Waals surface area contributed by atoms with Gasteiger partial charge in [-0.3, -0.25) is 4.79 Å². The van der Waals surface area contributed by atoms with Crippen LogP contribution >= 0.6 is 11.6 Å². The smallest absolute Gasteiger partial charge is 0.328 e. The number of benzene rings is 1. The predicted molar refractivity (Wildman–Crippen MR) is 63.6 cm³/mol. The highest BCUT2D eigenvalue weighted by atomic mass is 35.5. The Hall–Kier alpha value is -1.79. The minimum absolute atomic E-state index is 0.342. The number of hydrogen-bond donors (Lipinski definition) is 3. The Balaban J connectivity index is 2.41. The zero-order valence-electron chi connectivity index (χ0n) is 9.30. The SMILES string of the molecule is O=C(COc1ccc(Cl)cc1)NC(CO)C(=O)O. The number of ether oxygens (including phenoxy) is 1. The summed E-state index contributed by atoms with van der Waals surface area (Å²) in [5.74, 6) is -1.51. The number of aliphatic hydroxyl groups excluding tert-OH is 1. The van der Waals surface area contributed by atoms with E-state index in [9.17, 15) is 9.59 Å². The van der Waals surface area contributed by atoms with E-state index in [2.05, 4.69) is 5.32 Å². The molecule has 1 aromatic rings. The second-order valence-electron chi connectivity index (χ2n) is 3.38. The van der Waals surface area contributed by atoms with Crippen LogP contribution in [0.2, 0.25) is 5.02 Å². The number of nitrogens with one attached hydrogen (secondary N) is 1. The van der Waals surface area contributed by atoms with Crippen LogP contribution in [0.5, 0.6) is 5.75 Å². The number of rotatable bonds is 6. The molecule has 0 aliphatic rings. The van der Waals surface area contributed by atoms with Crippen LogP contribution in [0.1, 0.15) is 0 Å². The molecule has 0 aliphatic carbocycles. The topological polar surface area (TPSA) is 95.9 Å². The average molecular weight is 274 g/mol. The lowest BCUT2D eigenvalue weighted by Gasteiger charge is -2.12. The molecule has 98 valence electrons. The molecule has 0 fully saturated rings. The molecule has 0 aromatic heterocycles. The minimum Gasteiger partial charge on any atom is -0.484 e. The zero-order valence-corrected chi connectivity index (χ0v) is 10.1. The Bertz CT molecular complexity index is 420. The molecule has 1 rings (SSSR count). The van der Waals surface area contributed by atoms with Gasteiger partial charge >= 0.3 is 5.97 Å². The van der Waals surface area contributed by atoms with Gasteiger partial charge in [-0.05, 0) is 24.3 Å². The lowest BCUT2D eigenvalue weighted by atomic mass is 10.3. The van der Waals surface area contributed by atoms with Crippen molar-refractivity contribution in [2.24, 2.45) is 0 Å². The van der Waals surface area contributed by atoms with Crippen LogP contribution < -0.4 is 10.1 Å². The first-order valence-corrected chi connectivity index (χ1v) is 5.42. The number of aliphatic carboxylic acids is 1. The van der Waals surface area contributed by atoms with Crippen LogP contribution in [-0.4, -0.2) is 41.3 Å². The molecule has 1 aromatic carbocycles. The van der Waals surface area contributed by atoms with Crippen LogP contribution in [-0.2, 0) is 9.59 Å². The second-order valence-corrected chi connectivity index (χ2v) is 3.82. The van der Waals surface area contributed by atoms with Gasteiger partial charge < -0.3 is 20.3 Å². The lowest BCUT2D eigenvalue weighted by Crippen LogP contribution is -2.45. The van der Waals surface area contributed by atoms with Gasteiger partial charge in [-0.15, -0.1) is 0 Å². The van der Waals surface area contributed by atoms with E-state index in [0.29, 0.717) is 10.8 Å². The first-order chi connectivity index (χ1) is 8.52. The number of amides is 1. The van der Waals surface area contributed by atoms with Crippen LogP contribution in [0, 0.1) is 0 Å². The molecular weight excluding hydrogens is 262 g/mol. The Morgan fingerprint density at radius 1 is 1.33 bits per heavy atom. The van der Waals surface area contributed by atoms with Gasteiger partial charge in [0.1, 0.15) is 11.8 Å². The summed E-state index contributed by atoms with van der Waals surface area (Å²) in [6, 6.07) is 5.03. The fourth-order valence-corrected chi connectivity index (χ4v) is 1.23. The lowest BCUT2D eigenvalue weighted by molar-refractivity contribution is -0.143. The van der Waals surface area contributed by atoms with E-state index < -0.39 is 24.5 Å². The van der Waals surface area contributed by atoms with Gasteiger partial charge in [0.05, 0.1) is 6.61 Å². The van der Waals surface area contributed by atoms with Crippen molar-refractivity contribution in [1.29, 1.82) is 0 Å². The van der Waals surface area contributed by atoms with E-state index in [1.807, 2.05) is 0 Å². The molecule has 0 aliphatic heterocycles. The van der Waals surface area contributed by atoms with Crippen molar-refractivity contribution < 1.29 is 24.5 Å². The molecule has 1 unspecified atom stereocenters. The standard InChI is InChI=1S/C11H12ClNO5/c12-7-1-3-8(4-2-7)18-6-10(15)13-9(5-14)11(16)17/h1-4,9,14H,5-6H2,(H,13,15)(H,16,17). The maximum absolute atomic E-state index is 11.3. The maximum Gasteiger partial charge on any atom is 0.328 e. The summed E-state index contributed by atoms with van der Waals surface area (Å²) >= 11 is 5.67. The van der Waals surface area contributed by atoms with Crippen molar-refractivity contribution in [3.63, 3.8) is 0 Å². The van der Waals surface area contributed by atoms with E-state index in [-0.39, 0.29) is 6.61 Å². The number of carbonyl (C=O) groups excluding carboxylic acids is 1. The van der Waals surface area contributed by atoms with E-state index in [1.54, 1.807) is 24.3 Å². The van der Waals surface area contributed by atoms with Crippen LogP contribution in [0.15, 0.2) is 24.3 Å². The first kappa shape index (κ1) is 14.3. The number of carboxylic acid groups (broad SMARTS) is 1. The molecule has 0 spiro atoms. The van der Waals surface area contributed by atoms with Crippen LogP contribution in [0.4, 0.5) is 0 Å². The average Bonchev–Trinajstić information content (AvgIpc) is 2.35. The summed E-state index contributed by atoms with van der Waals surface area (Å²) in [6.07, 6.45) is 0. The molecule has 0 bridgehead atoms. The number of carbonyl (C=O) groups is 2. The van der Waals surface area contributed by atoms with Crippen molar-refractivity contribution in [3.8, 4) is 5.75 Å². The highest BCUT2D eigenvalue weighted by molar-refractivity contribution is 6.30. The van der Waals surface area contributed by atoms with Crippen molar-refractivity contribution in [1.82, 2.24) is 5.32 Å². The summed E-state index contributed by atoms with van der Waals surface area (Å²) < 4.78 is 5.10. The van der Waals surface area contributed by atoms with Gasteiger partial charge in [0.2, 0.25) is 0 Å². The Morgan fingerprint density at radius 2 is 1.94 bits per heavy atom. The van der Waals surface area contributed by atoms with Crippen molar-refractivity contribution in [3.05, 3.63) is 29.3 Å². The summed E-state index contributed by atoms with van der Waals surface area (Å²) in [5, 5.41) is 20.0. The summed E-state index contributed by atoms with van der Waals surface area (Å²) in [6.45, 7) is -1.02. The third-order valence-electron chi connectivity index (χ3n) is 2.00. The normalized spacial score (nSPS) is 11.7. The minimum atomic E-state index is -1.33. The molecule has 18 heavy (non-hydrogen) atoms. The summed E-state index contributed by atoms with van der Waals surface area (Å²) in [5.41, 5.74) is 0. The maximum atomic E-state index is 11.3. The van der Waals surface area contributed by atoms with Gasteiger partial charge in [0.15, 0.2) is 6.61 Å². The third kappa shape index (κ3) is 4.60. The Kier molecular flexibility index (Phi) is 5.41. The van der Waals surface area contributed by atoms with E-state index in [0.717, 1.165) is 0 Å². The van der Waals surface area contributed by atoms with Crippen LogP contribution in [0.3, 0.4) is 0 Å². The number of aliphatic hydroxyl groups is 1. The monoisotopic (exact) mass is 273 g/mol. The largest absolute Gasteiger partial charge is 0.484 e. The quantitative estimate of drug-likeness (QED) is 0.692. The van der Waals surface area contributed by atoms with Gasteiger partial charge in [0.25, 0.3) is 5.91 Å². The third-order valence-corrected chi connectivity index (χ3v) is 2.25. The molecule has 1 atom stereocenters. The first-order valence-electron chi connectivity index (χ1n) is 5.04. The van der Waals surface area contributed by atoms with E-state index in [4.69, 9.17) is 26.6 Å². The van der Waals surface area contributed by atoms with E-state index >= 15 is 0 Å². The highest BCUT2D eigenvalue weighted by Crippen LogP contribution is 2.15. The molecule has 0 heterocycles. The van der Waals surface area contributed by atoms with Crippen molar-refractivity contribution in [2.75, 3.05) is 13.2 Å². The number of halogens is 1. The molecule has 3 N–H and O–H groups in total. The summed E-state index contributed by atoms with van der Waals surface area (Å²) in [4.78, 5) is 21.9. The van der Waals surface area contributed by atoms with Gasteiger partial charge in [-0.2, -0.15) is 0 Å². The number of carboxylic acids is 1. The fraction of sp³-hybridized carbons (Fsp3) is 0.273. The summed E-state index contributed by atoms with van der Waals surface area (Å²) in [7, 11) is 0.